The van der Waals surface area contributed by atoms with Crippen LogP contribution in [-0.2, 0) is 6.61 Å². The summed E-state index contributed by atoms with van der Waals surface area (Å²) in [5.41, 5.74) is 10.2. The number of rotatable bonds is 6. The third-order valence-corrected chi connectivity index (χ3v) is 3.71. The van der Waals surface area contributed by atoms with Crippen LogP contribution in [0.1, 0.15) is 16.7 Å². The summed E-state index contributed by atoms with van der Waals surface area (Å²) in [6, 6.07) is 19.8. The van der Waals surface area contributed by atoms with Gasteiger partial charge in [-0.25, -0.2) is 4.98 Å². The average Bonchev–Trinajstić information content (AvgIpc) is 2.62. The fraction of sp³-hybridized carbons (Fsp3) is 0.0952. The van der Waals surface area contributed by atoms with Gasteiger partial charge in [-0.2, -0.15) is 0 Å². The van der Waals surface area contributed by atoms with E-state index >= 15 is 0 Å². The predicted molar refractivity (Wildman–Crippen MR) is 103 cm³/mol. The molecule has 3 N–H and O–H groups in total. The zero-order valence-electron chi connectivity index (χ0n) is 14.2. The van der Waals surface area contributed by atoms with Crippen molar-refractivity contribution >= 4 is 17.2 Å². The molecule has 2 aromatic carbocycles. The molecule has 0 radical (unpaired) electrons. The molecule has 0 spiro atoms. The van der Waals surface area contributed by atoms with Crippen LogP contribution in [0.3, 0.4) is 0 Å². The maximum Gasteiger partial charge on any atom is 0.130 e. The third-order valence-electron chi connectivity index (χ3n) is 3.71. The summed E-state index contributed by atoms with van der Waals surface area (Å²) in [5.74, 6) is 1.51. The molecular formula is C21H21N3O. The van der Waals surface area contributed by atoms with Crippen molar-refractivity contribution in [3.63, 3.8) is 0 Å². The molecule has 1 heterocycles. The lowest BCUT2D eigenvalue weighted by molar-refractivity contribution is 0.306. The number of benzene rings is 2. The van der Waals surface area contributed by atoms with Gasteiger partial charge in [0, 0.05) is 11.3 Å². The van der Waals surface area contributed by atoms with Crippen LogP contribution in [0.2, 0.25) is 0 Å². The number of nitrogens with zero attached hydrogens (tertiary/aromatic N) is 1. The fourth-order valence-electron chi connectivity index (χ4n) is 2.45. The van der Waals surface area contributed by atoms with E-state index in [2.05, 4.69) is 22.9 Å². The zero-order valence-corrected chi connectivity index (χ0v) is 14.2. The van der Waals surface area contributed by atoms with Gasteiger partial charge in [-0.05, 0) is 48.4 Å². The first kappa shape index (κ1) is 16.6. The van der Waals surface area contributed by atoms with E-state index in [1.807, 2.05) is 55.5 Å². The Labute approximate surface area is 148 Å². The standard InChI is InChI=1S/C21H21N3O/c1-15-10-18(16(2)24-21-9-8-19(22)13-23-21)12-20(11-15)25-14-17-6-4-3-5-7-17/h3-13H,2,14,22H2,1H3,(H,23,24). The lowest BCUT2D eigenvalue weighted by atomic mass is 10.1. The number of nitrogens with one attached hydrogen (secondary N) is 1. The highest BCUT2D eigenvalue weighted by Crippen LogP contribution is 2.23. The number of ether oxygens (including phenoxy) is 1. The van der Waals surface area contributed by atoms with Gasteiger partial charge in [-0.3, -0.25) is 0 Å². The first-order valence-corrected chi connectivity index (χ1v) is 8.06. The Morgan fingerprint density at radius 1 is 1.12 bits per heavy atom. The van der Waals surface area contributed by atoms with Gasteiger partial charge >= 0.3 is 0 Å². The normalized spacial score (nSPS) is 10.3. The average molecular weight is 331 g/mol. The van der Waals surface area contributed by atoms with Crippen molar-refractivity contribution in [3.05, 3.63) is 90.1 Å². The second-order valence-corrected chi connectivity index (χ2v) is 5.89. The molecule has 0 saturated heterocycles. The van der Waals surface area contributed by atoms with E-state index in [9.17, 15) is 0 Å². The van der Waals surface area contributed by atoms with Gasteiger partial charge in [-0.15, -0.1) is 0 Å². The molecule has 3 rings (SSSR count). The van der Waals surface area contributed by atoms with Crippen molar-refractivity contribution < 1.29 is 4.74 Å². The predicted octanol–water partition coefficient (Wildman–Crippen LogP) is 4.63. The van der Waals surface area contributed by atoms with Crippen molar-refractivity contribution in [3.8, 4) is 5.75 Å². The van der Waals surface area contributed by atoms with Crippen LogP contribution in [0, 0.1) is 6.92 Å². The zero-order chi connectivity index (χ0) is 17.6. The number of aromatic nitrogens is 1. The molecule has 4 nitrogen and oxygen atoms in total. The highest BCUT2D eigenvalue weighted by molar-refractivity contribution is 5.75. The van der Waals surface area contributed by atoms with Crippen LogP contribution in [0.15, 0.2) is 73.4 Å². The topological polar surface area (TPSA) is 60.2 Å². The smallest absolute Gasteiger partial charge is 0.130 e. The van der Waals surface area contributed by atoms with E-state index in [0.29, 0.717) is 18.1 Å². The van der Waals surface area contributed by atoms with Crippen molar-refractivity contribution in [1.29, 1.82) is 0 Å². The van der Waals surface area contributed by atoms with E-state index in [0.717, 1.165) is 28.1 Å². The molecular weight excluding hydrogens is 310 g/mol. The van der Waals surface area contributed by atoms with Gasteiger partial charge in [0.2, 0.25) is 0 Å². The summed E-state index contributed by atoms with van der Waals surface area (Å²) in [6.45, 7) is 6.67. The van der Waals surface area contributed by atoms with Gasteiger partial charge in [0.05, 0.1) is 11.9 Å². The van der Waals surface area contributed by atoms with Crippen molar-refractivity contribution in [2.45, 2.75) is 13.5 Å². The summed E-state index contributed by atoms with van der Waals surface area (Å²) >= 11 is 0. The second kappa shape index (κ2) is 7.53. The molecule has 0 amide bonds. The van der Waals surface area contributed by atoms with Gasteiger partial charge in [0.15, 0.2) is 0 Å². The SMILES string of the molecule is C=C(Nc1ccc(N)cn1)c1cc(C)cc(OCc2ccccc2)c1. The fourth-order valence-corrected chi connectivity index (χ4v) is 2.45. The van der Waals surface area contributed by atoms with Gasteiger partial charge in [0.1, 0.15) is 18.2 Å². The minimum absolute atomic E-state index is 0.531. The van der Waals surface area contributed by atoms with Crippen molar-refractivity contribution in [1.82, 2.24) is 4.98 Å². The Balaban J connectivity index is 1.72. The van der Waals surface area contributed by atoms with Crippen molar-refractivity contribution in [2.75, 3.05) is 11.1 Å². The molecule has 25 heavy (non-hydrogen) atoms. The monoisotopic (exact) mass is 331 g/mol. The molecule has 1 aromatic heterocycles. The Hall–Kier alpha value is -3.27. The van der Waals surface area contributed by atoms with Gasteiger partial charge < -0.3 is 15.8 Å². The number of nitrogens with two attached hydrogens (primary N) is 1. The molecule has 126 valence electrons. The summed E-state index contributed by atoms with van der Waals surface area (Å²) in [7, 11) is 0. The van der Waals surface area contributed by atoms with Crippen molar-refractivity contribution in [2.24, 2.45) is 0 Å². The maximum atomic E-state index is 5.93. The number of anilines is 2. The lowest BCUT2D eigenvalue weighted by Crippen LogP contribution is -2.01. The number of hydrogen-bond donors (Lipinski definition) is 2. The van der Waals surface area contributed by atoms with Crippen LogP contribution in [0.25, 0.3) is 5.70 Å². The first-order valence-electron chi connectivity index (χ1n) is 8.06. The maximum absolute atomic E-state index is 5.93. The molecule has 0 aliphatic heterocycles. The Morgan fingerprint density at radius 3 is 2.64 bits per heavy atom. The van der Waals surface area contributed by atoms with E-state index in [1.165, 1.54) is 0 Å². The highest BCUT2D eigenvalue weighted by Gasteiger charge is 2.05. The quantitative estimate of drug-likeness (QED) is 0.691. The van der Waals surface area contributed by atoms with E-state index in [1.54, 1.807) is 12.3 Å². The van der Waals surface area contributed by atoms with Crippen LogP contribution >= 0.6 is 0 Å². The minimum Gasteiger partial charge on any atom is -0.489 e. The van der Waals surface area contributed by atoms with Crippen LogP contribution in [0.4, 0.5) is 11.5 Å². The molecule has 0 aliphatic carbocycles. The molecule has 0 bridgehead atoms. The Morgan fingerprint density at radius 2 is 1.92 bits per heavy atom. The molecule has 3 aromatic rings. The van der Waals surface area contributed by atoms with E-state index in [-0.39, 0.29) is 0 Å². The molecule has 0 unspecified atom stereocenters. The van der Waals surface area contributed by atoms with E-state index < -0.39 is 0 Å². The lowest BCUT2D eigenvalue weighted by Gasteiger charge is -2.13. The van der Waals surface area contributed by atoms with Gasteiger partial charge in [-0.1, -0.05) is 36.9 Å². The molecule has 0 fully saturated rings. The van der Waals surface area contributed by atoms with E-state index in [4.69, 9.17) is 10.5 Å². The number of pyridine rings is 1. The summed E-state index contributed by atoms with van der Waals surface area (Å²) < 4.78 is 5.93. The second-order valence-electron chi connectivity index (χ2n) is 5.89. The molecule has 0 aliphatic rings. The summed E-state index contributed by atoms with van der Waals surface area (Å²) in [4.78, 5) is 4.24. The Bertz CT molecular complexity index is 858. The number of nitrogen functional groups attached to an aromatic ring is 1. The minimum atomic E-state index is 0.531. The third kappa shape index (κ3) is 4.61. The molecule has 0 saturated carbocycles. The summed E-state index contributed by atoms with van der Waals surface area (Å²) in [6.07, 6.45) is 1.61. The van der Waals surface area contributed by atoms with Crippen LogP contribution in [-0.4, -0.2) is 4.98 Å². The van der Waals surface area contributed by atoms with Crippen LogP contribution < -0.4 is 15.8 Å². The van der Waals surface area contributed by atoms with Crippen LogP contribution in [0.5, 0.6) is 5.75 Å². The molecule has 4 heteroatoms. The molecule has 0 atom stereocenters. The number of aryl methyl sites for hydroxylation is 1. The first-order chi connectivity index (χ1) is 12.1. The largest absolute Gasteiger partial charge is 0.489 e. The van der Waals surface area contributed by atoms with Gasteiger partial charge in [0.25, 0.3) is 0 Å². The number of hydrogen-bond acceptors (Lipinski definition) is 4. The highest BCUT2D eigenvalue weighted by atomic mass is 16.5. The Kier molecular flexibility index (Phi) is 5.00. The summed E-state index contributed by atoms with van der Waals surface area (Å²) in [5, 5.41) is 3.20.